The maximum Gasteiger partial charge on any atom is 0.258 e. The van der Waals surface area contributed by atoms with Gasteiger partial charge in [-0.25, -0.2) is 9.37 Å². The molecule has 1 aliphatic rings. The van der Waals surface area contributed by atoms with Gasteiger partial charge in [-0.3, -0.25) is 4.79 Å². The Bertz CT molecular complexity index is 738. The number of ether oxygens (including phenoxy) is 2. The molecule has 1 amide bonds. The van der Waals surface area contributed by atoms with Crippen molar-refractivity contribution in [3.8, 4) is 5.75 Å². The van der Waals surface area contributed by atoms with Gasteiger partial charge in [0.1, 0.15) is 11.4 Å². The molecule has 2 heterocycles. The summed E-state index contributed by atoms with van der Waals surface area (Å²) in [6.45, 7) is 4.32. The molecule has 0 saturated carbocycles. The highest BCUT2D eigenvalue weighted by Crippen LogP contribution is 2.28. The summed E-state index contributed by atoms with van der Waals surface area (Å²) in [5, 5.41) is 2.92. The smallest absolute Gasteiger partial charge is 0.258 e. The molecule has 7 heteroatoms. The van der Waals surface area contributed by atoms with Gasteiger partial charge in [0, 0.05) is 24.9 Å². The molecular formula is C17H20FN3O3. The first-order valence-electron chi connectivity index (χ1n) is 7.78. The van der Waals surface area contributed by atoms with Crippen LogP contribution in [0.1, 0.15) is 23.5 Å². The number of hydrogen-bond acceptors (Lipinski definition) is 4. The van der Waals surface area contributed by atoms with E-state index in [1.165, 1.54) is 6.07 Å². The second-order valence-electron chi connectivity index (χ2n) is 6.07. The van der Waals surface area contributed by atoms with Gasteiger partial charge in [0.15, 0.2) is 18.2 Å². The lowest BCUT2D eigenvalue weighted by atomic mass is 9.97. The number of benzene rings is 1. The van der Waals surface area contributed by atoms with Crippen molar-refractivity contribution < 1.29 is 18.7 Å². The van der Waals surface area contributed by atoms with Gasteiger partial charge < -0.3 is 19.8 Å². The van der Waals surface area contributed by atoms with Crippen LogP contribution in [0.15, 0.2) is 24.4 Å². The van der Waals surface area contributed by atoms with Crippen LogP contribution >= 0.6 is 0 Å². The lowest BCUT2D eigenvalue weighted by Gasteiger charge is -2.26. The Morgan fingerprint density at radius 1 is 1.50 bits per heavy atom. The summed E-state index contributed by atoms with van der Waals surface area (Å²) in [5.74, 6) is -0.118. The second kappa shape index (κ2) is 6.60. The van der Waals surface area contributed by atoms with Gasteiger partial charge in [0.05, 0.1) is 6.61 Å². The van der Waals surface area contributed by atoms with Crippen molar-refractivity contribution in [1.29, 1.82) is 0 Å². The van der Waals surface area contributed by atoms with Crippen LogP contribution in [0.3, 0.4) is 0 Å². The predicted molar refractivity (Wildman–Crippen MR) is 85.2 cm³/mol. The molecule has 128 valence electrons. The number of aromatic amines is 1. The van der Waals surface area contributed by atoms with Gasteiger partial charge in [-0.1, -0.05) is 6.07 Å². The quantitative estimate of drug-likeness (QED) is 0.877. The fraction of sp³-hybridized carbons (Fsp3) is 0.412. The Hall–Kier alpha value is -2.41. The summed E-state index contributed by atoms with van der Waals surface area (Å²) in [4.78, 5) is 19.8. The van der Waals surface area contributed by atoms with Crippen LogP contribution in [-0.2, 0) is 15.1 Å². The number of aryl methyl sites for hydroxylation is 2. The first kappa shape index (κ1) is 16.4. The standard InChI is InChI=1S/C17H20FN3O3/c1-11-3-4-13(18)14(7-11)24-9-15(22)21-17(5-6-23-10-17)16-19-8-12(2)20-16/h3-4,7-8H,5-6,9-10H2,1-2H3,(H,19,20)(H,21,22). The Morgan fingerprint density at radius 3 is 3.00 bits per heavy atom. The van der Waals surface area contributed by atoms with Crippen molar-refractivity contribution in [3.05, 3.63) is 47.3 Å². The lowest BCUT2D eigenvalue weighted by Crippen LogP contribution is -2.49. The maximum absolute atomic E-state index is 13.7. The number of rotatable bonds is 5. The number of nitrogens with one attached hydrogen (secondary N) is 2. The summed E-state index contributed by atoms with van der Waals surface area (Å²) in [5.41, 5.74) is 1.07. The third kappa shape index (κ3) is 3.41. The number of nitrogens with zero attached hydrogens (tertiary/aromatic N) is 1. The third-order valence-corrected chi connectivity index (χ3v) is 4.00. The summed E-state index contributed by atoms with van der Waals surface area (Å²) in [6, 6.07) is 4.53. The first-order chi connectivity index (χ1) is 11.5. The molecule has 0 aliphatic carbocycles. The highest BCUT2D eigenvalue weighted by Gasteiger charge is 2.40. The van der Waals surface area contributed by atoms with Gasteiger partial charge in [0.25, 0.3) is 5.91 Å². The highest BCUT2D eigenvalue weighted by molar-refractivity contribution is 5.78. The molecule has 1 unspecified atom stereocenters. The van der Waals surface area contributed by atoms with E-state index < -0.39 is 11.4 Å². The zero-order valence-electron chi connectivity index (χ0n) is 13.7. The monoisotopic (exact) mass is 333 g/mol. The normalized spacial score (nSPS) is 20.1. The Labute approximate surface area is 139 Å². The molecule has 3 rings (SSSR count). The average molecular weight is 333 g/mol. The number of halogens is 1. The van der Waals surface area contributed by atoms with Gasteiger partial charge in [-0.05, 0) is 31.5 Å². The van der Waals surface area contributed by atoms with Crippen LogP contribution in [0.2, 0.25) is 0 Å². The number of imidazole rings is 1. The van der Waals surface area contributed by atoms with E-state index in [-0.39, 0.29) is 18.3 Å². The number of H-pyrrole nitrogens is 1. The van der Waals surface area contributed by atoms with E-state index in [1.807, 2.05) is 13.8 Å². The number of hydrogen-bond donors (Lipinski definition) is 2. The fourth-order valence-electron chi connectivity index (χ4n) is 2.73. The van der Waals surface area contributed by atoms with E-state index >= 15 is 0 Å². The summed E-state index contributed by atoms with van der Waals surface area (Å²) in [7, 11) is 0. The Balaban J connectivity index is 1.67. The van der Waals surface area contributed by atoms with Gasteiger partial charge in [0.2, 0.25) is 0 Å². The van der Waals surface area contributed by atoms with Gasteiger partial charge >= 0.3 is 0 Å². The number of aromatic nitrogens is 2. The Morgan fingerprint density at radius 2 is 2.33 bits per heavy atom. The molecule has 1 aromatic heterocycles. The van der Waals surface area contributed by atoms with Crippen molar-refractivity contribution in [2.75, 3.05) is 19.8 Å². The average Bonchev–Trinajstić information content (AvgIpc) is 3.18. The van der Waals surface area contributed by atoms with E-state index in [0.29, 0.717) is 25.5 Å². The molecule has 0 radical (unpaired) electrons. The number of amides is 1. The van der Waals surface area contributed by atoms with Crippen LogP contribution in [0.4, 0.5) is 4.39 Å². The van der Waals surface area contributed by atoms with Crippen molar-refractivity contribution >= 4 is 5.91 Å². The molecule has 6 nitrogen and oxygen atoms in total. The van der Waals surface area contributed by atoms with Crippen LogP contribution in [0.5, 0.6) is 5.75 Å². The largest absolute Gasteiger partial charge is 0.481 e. The van der Waals surface area contributed by atoms with Crippen LogP contribution in [0, 0.1) is 19.7 Å². The third-order valence-electron chi connectivity index (χ3n) is 4.00. The lowest BCUT2D eigenvalue weighted by molar-refractivity contribution is -0.125. The minimum atomic E-state index is -0.695. The summed E-state index contributed by atoms with van der Waals surface area (Å²) in [6.07, 6.45) is 2.32. The van der Waals surface area contributed by atoms with Crippen LogP contribution < -0.4 is 10.1 Å². The van der Waals surface area contributed by atoms with E-state index in [0.717, 1.165) is 11.3 Å². The Kier molecular flexibility index (Phi) is 4.53. The second-order valence-corrected chi connectivity index (χ2v) is 6.07. The van der Waals surface area contributed by atoms with E-state index in [9.17, 15) is 9.18 Å². The molecule has 1 aliphatic heterocycles. The molecule has 24 heavy (non-hydrogen) atoms. The number of carbonyl (C=O) groups excluding carboxylic acids is 1. The van der Waals surface area contributed by atoms with Crippen molar-refractivity contribution in [2.45, 2.75) is 25.8 Å². The van der Waals surface area contributed by atoms with E-state index in [4.69, 9.17) is 9.47 Å². The number of carbonyl (C=O) groups is 1. The maximum atomic E-state index is 13.7. The van der Waals surface area contributed by atoms with E-state index in [1.54, 1.807) is 18.3 Å². The topological polar surface area (TPSA) is 76.2 Å². The van der Waals surface area contributed by atoms with Gasteiger partial charge in [-0.15, -0.1) is 0 Å². The van der Waals surface area contributed by atoms with E-state index in [2.05, 4.69) is 15.3 Å². The fourth-order valence-corrected chi connectivity index (χ4v) is 2.73. The summed E-state index contributed by atoms with van der Waals surface area (Å²) < 4.78 is 24.4. The SMILES string of the molecule is Cc1ccc(F)c(OCC(=O)NC2(c3ncc(C)[nH]3)CCOC2)c1. The summed E-state index contributed by atoms with van der Waals surface area (Å²) >= 11 is 0. The molecule has 2 aromatic rings. The minimum Gasteiger partial charge on any atom is -0.481 e. The molecule has 0 bridgehead atoms. The molecule has 1 atom stereocenters. The highest BCUT2D eigenvalue weighted by atomic mass is 19.1. The van der Waals surface area contributed by atoms with Crippen molar-refractivity contribution in [2.24, 2.45) is 0 Å². The molecule has 1 saturated heterocycles. The van der Waals surface area contributed by atoms with Crippen molar-refractivity contribution in [1.82, 2.24) is 15.3 Å². The molecule has 2 N–H and O–H groups in total. The predicted octanol–water partition coefficient (Wildman–Crippen LogP) is 1.98. The molecule has 1 fully saturated rings. The molecular weight excluding hydrogens is 313 g/mol. The van der Waals surface area contributed by atoms with Crippen molar-refractivity contribution in [3.63, 3.8) is 0 Å². The first-order valence-corrected chi connectivity index (χ1v) is 7.78. The molecule has 1 aromatic carbocycles. The van der Waals surface area contributed by atoms with Gasteiger partial charge in [-0.2, -0.15) is 0 Å². The zero-order valence-corrected chi connectivity index (χ0v) is 13.7. The van der Waals surface area contributed by atoms with Crippen LogP contribution in [0.25, 0.3) is 0 Å². The minimum absolute atomic E-state index is 0.0655. The zero-order chi connectivity index (χ0) is 17.2. The molecule has 0 spiro atoms. The van der Waals surface area contributed by atoms with Crippen LogP contribution in [-0.4, -0.2) is 35.7 Å².